The summed E-state index contributed by atoms with van der Waals surface area (Å²) >= 11 is 0. The smallest absolute Gasteiger partial charge is 0.336 e. The SMILES string of the molecule is Cc1ccc(C(=O)O)c(C(N)CO)c1. The maximum atomic E-state index is 10.8. The van der Waals surface area contributed by atoms with Gasteiger partial charge in [0.05, 0.1) is 18.2 Å². The van der Waals surface area contributed by atoms with Crippen LogP contribution in [0.25, 0.3) is 0 Å². The zero-order valence-electron chi connectivity index (χ0n) is 7.90. The molecule has 0 fully saturated rings. The molecule has 4 N–H and O–H groups in total. The number of hydrogen-bond acceptors (Lipinski definition) is 3. The Hall–Kier alpha value is -1.39. The Kier molecular flexibility index (Phi) is 3.22. The lowest BCUT2D eigenvalue weighted by atomic mass is 9.99. The normalized spacial score (nSPS) is 12.5. The highest BCUT2D eigenvalue weighted by atomic mass is 16.4. The van der Waals surface area contributed by atoms with Gasteiger partial charge in [-0.15, -0.1) is 0 Å². The summed E-state index contributed by atoms with van der Waals surface area (Å²) in [5.74, 6) is -1.02. The van der Waals surface area contributed by atoms with Crippen LogP contribution in [0.15, 0.2) is 18.2 Å². The van der Waals surface area contributed by atoms with Crippen molar-refractivity contribution in [2.24, 2.45) is 5.73 Å². The van der Waals surface area contributed by atoms with E-state index in [1.54, 1.807) is 12.1 Å². The van der Waals surface area contributed by atoms with E-state index in [1.807, 2.05) is 6.92 Å². The van der Waals surface area contributed by atoms with Crippen LogP contribution >= 0.6 is 0 Å². The number of carbonyl (C=O) groups is 1. The summed E-state index contributed by atoms with van der Waals surface area (Å²) in [4.78, 5) is 10.8. The Balaban J connectivity index is 3.22. The van der Waals surface area contributed by atoms with Gasteiger partial charge in [0.25, 0.3) is 0 Å². The number of nitrogens with two attached hydrogens (primary N) is 1. The van der Waals surface area contributed by atoms with Gasteiger partial charge in [-0.1, -0.05) is 17.7 Å². The van der Waals surface area contributed by atoms with Gasteiger partial charge in [-0.25, -0.2) is 4.79 Å². The minimum atomic E-state index is -1.02. The molecule has 0 radical (unpaired) electrons. The first-order valence-electron chi connectivity index (χ1n) is 4.26. The quantitative estimate of drug-likeness (QED) is 0.662. The lowest BCUT2D eigenvalue weighted by Crippen LogP contribution is -2.18. The Labute approximate surface area is 82.0 Å². The number of carboxylic acids is 1. The molecule has 0 aliphatic heterocycles. The van der Waals surface area contributed by atoms with Crippen LogP contribution in [0, 0.1) is 6.92 Å². The minimum absolute atomic E-state index is 0.150. The van der Waals surface area contributed by atoms with Crippen molar-refractivity contribution >= 4 is 5.97 Å². The van der Waals surface area contributed by atoms with E-state index in [2.05, 4.69) is 0 Å². The Morgan fingerprint density at radius 2 is 2.21 bits per heavy atom. The number of aryl methyl sites for hydroxylation is 1. The predicted octanol–water partition coefficient (Wildman–Crippen LogP) is 0.685. The molecule has 4 nitrogen and oxygen atoms in total. The van der Waals surface area contributed by atoms with E-state index in [0.29, 0.717) is 5.56 Å². The molecule has 0 saturated carbocycles. The van der Waals surface area contributed by atoms with Gasteiger partial charge in [-0.05, 0) is 18.6 Å². The van der Waals surface area contributed by atoms with E-state index in [-0.39, 0.29) is 12.2 Å². The third-order valence-corrected chi connectivity index (χ3v) is 2.03. The lowest BCUT2D eigenvalue weighted by molar-refractivity contribution is 0.0694. The molecular weight excluding hydrogens is 182 g/mol. The zero-order valence-corrected chi connectivity index (χ0v) is 7.90. The molecule has 0 aromatic heterocycles. The fourth-order valence-corrected chi connectivity index (χ4v) is 1.28. The molecule has 0 spiro atoms. The standard InChI is InChI=1S/C10H13NO3/c1-6-2-3-7(10(13)14)8(4-6)9(11)5-12/h2-4,9,12H,5,11H2,1H3,(H,13,14). The van der Waals surface area contributed by atoms with Gasteiger partial charge in [-0.3, -0.25) is 0 Å². The van der Waals surface area contributed by atoms with Gasteiger partial charge in [-0.2, -0.15) is 0 Å². The lowest BCUT2D eigenvalue weighted by Gasteiger charge is -2.12. The van der Waals surface area contributed by atoms with Gasteiger partial charge in [0.15, 0.2) is 0 Å². The molecule has 1 rings (SSSR count). The van der Waals surface area contributed by atoms with Gasteiger partial charge < -0.3 is 15.9 Å². The van der Waals surface area contributed by atoms with E-state index in [9.17, 15) is 4.79 Å². The van der Waals surface area contributed by atoms with Crippen molar-refractivity contribution in [3.05, 3.63) is 34.9 Å². The monoisotopic (exact) mass is 195 g/mol. The summed E-state index contributed by atoms with van der Waals surface area (Å²) in [6, 6.07) is 4.25. The zero-order chi connectivity index (χ0) is 10.7. The summed E-state index contributed by atoms with van der Waals surface area (Å²) in [6.07, 6.45) is 0. The molecule has 0 aliphatic rings. The van der Waals surface area contributed by atoms with Crippen molar-refractivity contribution in [2.45, 2.75) is 13.0 Å². The van der Waals surface area contributed by atoms with E-state index in [0.717, 1.165) is 5.56 Å². The van der Waals surface area contributed by atoms with Crippen molar-refractivity contribution in [3.8, 4) is 0 Å². The second kappa shape index (κ2) is 4.21. The Morgan fingerprint density at radius 3 is 2.71 bits per heavy atom. The van der Waals surface area contributed by atoms with Crippen LogP contribution < -0.4 is 5.73 Å². The highest BCUT2D eigenvalue weighted by Gasteiger charge is 2.14. The highest BCUT2D eigenvalue weighted by molar-refractivity contribution is 5.89. The summed E-state index contributed by atoms with van der Waals surface area (Å²) in [5, 5.41) is 17.7. The molecule has 1 aromatic rings. The Morgan fingerprint density at radius 1 is 1.57 bits per heavy atom. The molecule has 1 aromatic carbocycles. The number of hydrogen-bond donors (Lipinski definition) is 3. The van der Waals surface area contributed by atoms with Crippen LogP contribution in [0.4, 0.5) is 0 Å². The summed E-state index contributed by atoms with van der Waals surface area (Å²) < 4.78 is 0. The second-order valence-electron chi connectivity index (χ2n) is 3.18. The molecule has 14 heavy (non-hydrogen) atoms. The molecule has 0 amide bonds. The van der Waals surface area contributed by atoms with E-state index in [1.165, 1.54) is 6.07 Å². The van der Waals surface area contributed by atoms with Crippen LogP contribution in [-0.2, 0) is 0 Å². The molecule has 1 unspecified atom stereocenters. The first kappa shape index (κ1) is 10.7. The summed E-state index contributed by atoms with van der Waals surface area (Å²) in [5.41, 5.74) is 7.14. The first-order chi connectivity index (χ1) is 6.56. The van der Waals surface area contributed by atoms with Crippen LogP contribution in [0.3, 0.4) is 0 Å². The van der Waals surface area contributed by atoms with Crippen LogP contribution in [0.2, 0.25) is 0 Å². The van der Waals surface area contributed by atoms with Gasteiger partial charge >= 0.3 is 5.97 Å². The van der Waals surface area contributed by atoms with Crippen LogP contribution in [-0.4, -0.2) is 22.8 Å². The third kappa shape index (κ3) is 2.10. The highest BCUT2D eigenvalue weighted by Crippen LogP contribution is 2.17. The third-order valence-electron chi connectivity index (χ3n) is 2.03. The molecule has 1 atom stereocenters. The van der Waals surface area contributed by atoms with Crippen molar-refractivity contribution in [1.29, 1.82) is 0 Å². The number of rotatable bonds is 3. The summed E-state index contributed by atoms with van der Waals surface area (Å²) in [7, 11) is 0. The average molecular weight is 195 g/mol. The first-order valence-corrected chi connectivity index (χ1v) is 4.26. The molecule has 0 saturated heterocycles. The number of aromatic carboxylic acids is 1. The van der Waals surface area contributed by atoms with Crippen LogP contribution in [0.5, 0.6) is 0 Å². The fourth-order valence-electron chi connectivity index (χ4n) is 1.28. The molecule has 4 heteroatoms. The van der Waals surface area contributed by atoms with Crippen molar-refractivity contribution in [3.63, 3.8) is 0 Å². The topological polar surface area (TPSA) is 83.5 Å². The van der Waals surface area contributed by atoms with E-state index < -0.39 is 12.0 Å². The van der Waals surface area contributed by atoms with Crippen molar-refractivity contribution in [2.75, 3.05) is 6.61 Å². The van der Waals surface area contributed by atoms with E-state index in [4.69, 9.17) is 15.9 Å². The second-order valence-corrected chi connectivity index (χ2v) is 3.18. The number of aliphatic hydroxyl groups is 1. The van der Waals surface area contributed by atoms with Gasteiger partial charge in [0, 0.05) is 0 Å². The fraction of sp³-hybridized carbons (Fsp3) is 0.300. The molecule has 0 bridgehead atoms. The van der Waals surface area contributed by atoms with Crippen molar-refractivity contribution in [1.82, 2.24) is 0 Å². The Bertz CT molecular complexity index is 349. The molecular formula is C10H13NO3. The number of aliphatic hydroxyl groups excluding tert-OH is 1. The van der Waals surface area contributed by atoms with Gasteiger partial charge in [0.1, 0.15) is 0 Å². The van der Waals surface area contributed by atoms with E-state index >= 15 is 0 Å². The molecule has 0 heterocycles. The maximum Gasteiger partial charge on any atom is 0.336 e. The number of carboxylic acid groups (broad SMARTS) is 1. The molecule has 0 aliphatic carbocycles. The largest absolute Gasteiger partial charge is 0.478 e. The minimum Gasteiger partial charge on any atom is -0.478 e. The number of benzene rings is 1. The van der Waals surface area contributed by atoms with Crippen LogP contribution in [0.1, 0.15) is 27.5 Å². The van der Waals surface area contributed by atoms with Gasteiger partial charge in [0.2, 0.25) is 0 Å². The van der Waals surface area contributed by atoms with Crippen molar-refractivity contribution < 1.29 is 15.0 Å². The average Bonchev–Trinajstić information content (AvgIpc) is 2.16. The maximum absolute atomic E-state index is 10.8. The summed E-state index contributed by atoms with van der Waals surface area (Å²) in [6.45, 7) is 1.59. The predicted molar refractivity (Wildman–Crippen MR) is 52.2 cm³/mol. The molecule has 76 valence electrons.